The molecule has 47 heavy (non-hydrogen) atoms. The van der Waals surface area contributed by atoms with Crippen LogP contribution in [-0.2, 0) is 10.9 Å². The second-order valence-electron chi connectivity index (χ2n) is 12.4. The van der Waals surface area contributed by atoms with Crippen LogP contribution in [0.5, 0.6) is 11.6 Å². The zero-order valence-corrected chi connectivity index (χ0v) is 26.2. The SMILES string of the molecule is CC(C)(C)OC(=O)N1CCN(c2ccc(C(=O)N3CCC(c4ccc(Oc5ccc(C(F)(F)F)nn5)cc4)CC3)cc2[N+](=O)[O-])CC1. The van der Waals surface area contributed by atoms with E-state index in [1.165, 1.54) is 6.07 Å². The minimum absolute atomic E-state index is 0.0633. The molecule has 250 valence electrons. The summed E-state index contributed by atoms with van der Waals surface area (Å²) in [7, 11) is 0. The maximum atomic E-state index is 13.4. The Morgan fingerprint density at radius 2 is 1.53 bits per heavy atom. The maximum Gasteiger partial charge on any atom is 0.435 e. The molecule has 0 saturated carbocycles. The summed E-state index contributed by atoms with van der Waals surface area (Å²) in [5, 5.41) is 18.7. The van der Waals surface area contributed by atoms with Crippen molar-refractivity contribution in [2.24, 2.45) is 0 Å². The first-order valence-corrected chi connectivity index (χ1v) is 15.2. The third-order valence-electron chi connectivity index (χ3n) is 7.98. The lowest BCUT2D eigenvalue weighted by Crippen LogP contribution is -2.50. The highest BCUT2D eigenvalue weighted by atomic mass is 19.4. The first-order chi connectivity index (χ1) is 22.2. The molecule has 2 fully saturated rings. The number of piperazine rings is 1. The van der Waals surface area contributed by atoms with E-state index in [-0.39, 0.29) is 29.0 Å². The second kappa shape index (κ2) is 13.4. The lowest BCUT2D eigenvalue weighted by atomic mass is 9.89. The highest BCUT2D eigenvalue weighted by molar-refractivity contribution is 5.96. The van der Waals surface area contributed by atoms with Crippen molar-refractivity contribution in [1.29, 1.82) is 0 Å². The highest BCUT2D eigenvalue weighted by Gasteiger charge is 2.33. The van der Waals surface area contributed by atoms with Crippen LogP contribution in [0.3, 0.4) is 0 Å². The van der Waals surface area contributed by atoms with Crippen molar-refractivity contribution in [3.05, 3.63) is 81.5 Å². The summed E-state index contributed by atoms with van der Waals surface area (Å²) in [6.45, 7) is 7.78. The Kier molecular flexibility index (Phi) is 9.54. The first-order valence-electron chi connectivity index (χ1n) is 15.2. The molecular weight excluding hydrogens is 621 g/mol. The van der Waals surface area contributed by atoms with Crippen LogP contribution < -0.4 is 9.64 Å². The van der Waals surface area contributed by atoms with E-state index in [9.17, 15) is 32.9 Å². The molecule has 0 unspecified atom stereocenters. The monoisotopic (exact) mass is 656 g/mol. The number of alkyl halides is 3. The lowest BCUT2D eigenvalue weighted by Gasteiger charge is -2.36. The molecule has 2 aromatic carbocycles. The smallest absolute Gasteiger partial charge is 0.435 e. The molecule has 12 nitrogen and oxygen atoms in total. The number of rotatable bonds is 6. The van der Waals surface area contributed by atoms with Crippen LogP contribution in [0.25, 0.3) is 0 Å². The Morgan fingerprint density at radius 3 is 2.09 bits per heavy atom. The zero-order chi connectivity index (χ0) is 33.9. The van der Waals surface area contributed by atoms with E-state index in [1.54, 1.807) is 54.8 Å². The summed E-state index contributed by atoms with van der Waals surface area (Å²) in [6, 6.07) is 13.6. The van der Waals surface area contributed by atoms with Crippen LogP contribution in [0.4, 0.5) is 29.3 Å². The van der Waals surface area contributed by atoms with Gasteiger partial charge in [0.2, 0.25) is 5.88 Å². The summed E-state index contributed by atoms with van der Waals surface area (Å²) in [5.41, 5.74) is -0.236. The van der Waals surface area contributed by atoms with Crippen LogP contribution in [0, 0.1) is 10.1 Å². The van der Waals surface area contributed by atoms with Crippen molar-refractivity contribution in [3.8, 4) is 11.6 Å². The molecule has 3 aromatic rings. The molecule has 0 bridgehead atoms. The van der Waals surface area contributed by atoms with Crippen LogP contribution in [-0.4, -0.2) is 81.8 Å². The van der Waals surface area contributed by atoms with Crippen LogP contribution >= 0.6 is 0 Å². The van der Waals surface area contributed by atoms with E-state index < -0.39 is 28.5 Å². The number of piperidine rings is 1. The number of anilines is 1. The number of aromatic nitrogens is 2. The van der Waals surface area contributed by atoms with E-state index in [2.05, 4.69) is 10.2 Å². The van der Waals surface area contributed by atoms with Crippen LogP contribution in [0.1, 0.15) is 61.1 Å². The Labute approximate surface area is 269 Å². The van der Waals surface area contributed by atoms with Gasteiger partial charge in [-0.3, -0.25) is 14.9 Å². The summed E-state index contributed by atoms with van der Waals surface area (Å²) in [4.78, 5) is 42.4. The molecule has 2 saturated heterocycles. The van der Waals surface area contributed by atoms with Crippen molar-refractivity contribution >= 4 is 23.4 Å². The van der Waals surface area contributed by atoms with Gasteiger partial charge in [0.15, 0.2) is 5.69 Å². The van der Waals surface area contributed by atoms with E-state index in [4.69, 9.17) is 9.47 Å². The summed E-state index contributed by atoms with van der Waals surface area (Å²) >= 11 is 0. The van der Waals surface area contributed by atoms with Crippen molar-refractivity contribution in [1.82, 2.24) is 20.0 Å². The third-order valence-corrected chi connectivity index (χ3v) is 7.98. The molecule has 3 heterocycles. The van der Waals surface area contributed by atoms with Gasteiger partial charge in [-0.15, -0.1) is 10.2 Å². The Bertz CT molecular complexity index is 1600. The number of ether oxygens (including phenoxy) is 2. The molecule has 15 heteroatoms. The predicted molar refractivity (Wildman–Crippen MR) is 165 cm³/mol. The fraction of sp³-hybridized carbons (Fsp3) is 0.438. The fourth-order valence-corrected chi connectivity index (χ4v) is 5.58. The van der Waals surface area contributed by atoms with E-state index in [0.717, 1.165) is 17.7 Å². The van der Waals surface area contributed by atoms with Gasteiger partial charge in [0.1, 0.15) is 17.0 Å². The molecular formula is C32H35F3N6O6. The maximum absolute atomic E-state index is 13.4. The van der Waals surface area contributed by atoms with E-state index in [1.807, 2.05) is 17.0 Å². The number of amides is 2. The van der Waals surface area contributed by atoms with Crippen LogP contribution in [0.2, 0.25) is 0 Å². The fourth-order valence-electron chi connectivity index (χ4n) is 5.58. The molecule has 0 aliphatic carbocycles. The number of carbonyl (C=O) groups excluding carboxylic acids is 2. The molecule has 0 atom stereocenters. The highest BCUT2D eigenvalue weighted by Crippen LogP contribution is 2.34. The number of nitro benzene ring substituents is 1. The van der Waals surface area contributed by atoms with Gasteiger partial charge >= 0.3 is 12.3 Å². The van der Waals surface area contributed by atoms with Gasteiger partial charge in [0, 0.05) is 57.0 Å². The van der Waals surface area contributed by atoms with Crippen molar-refractivity contribution in [2.45, 2.75) is 51.3 Å². The van der Waals surface area contributed by atoms with Gasteiger partial charge < -0.3 is 24.2 Å². The largest absolute Gasteiger partial charge is 0.444 e. The van der Waals surface area contributed by atoms with Gasteiger partial charge in [-0.1, -0.05) is 12.1 Å². The average Bonchev–Trinajstić information content (AvgIpc) is 3.04. The van der Waals surface area contributed by atoms with E-state index in [0.29, 0.717) is 63.5 Å². The van der Waals surface area contributed by atoms with Gasteiger partial charge in [-0.25, -0.2) is 4.79 Å². The number of carbonyl (C=O) groups is 2. The number of benzene rings is 2. The quantitative estimate of drug-likeness (QED) is 0.222. The molecule has 0 N–H and O–H groups in total. The number of hydrogen-bond acceptors (Lipinski definition) is 9. The normalized spacial score (nSPS) is 16.2. The Hall–Kier alpha value is -4.95. The number of hydrogen-bond donors (Lipinski definition) is 0. The van der Waals surface area contributed by atoms with Crippen molar-refractivity contribution in [3.63, 3.8) is 0 Å². The number of nitrogens with zero attached hydrogens (tertiary/aromatic N) is 6. The molecule has 2 amide bonds. The van der Waals surface area contributed by atoms with Gasteiger partial charge in [0.05, 0.1) is 4.92 Å². The molecule has 5 rings (SSSR count). The minimum atomic E-state index is -4.58. The number of nitro groups is 1. The minimum Gasteiger partial charge on any atom is -0.444 e. The summed E-state index contributed by atoms with van der Waals surface area (Å²) in [6.07, 6.45) is -3.65. The lowest BCUT2D eigenvalue weighted by molar-refractivity contribution is -0.384. The van der Waals surface area contributed by atoms with E-state index >= 15 is 0 Å². The molecule has 2 aliphatic rings. The third kappa shape index (κ3) is 8.26. The molecule has 0 radical (unpaired) electrons. The summed E-state index contributed by atoms with van der Waals surface area (Å²) < 4.78 is 49.1. The predicted octanol–water partition coefficient (Wildman–Crippen LogP) is 6.27. The zero-order valence-electron chi connectivity index (χ0n) is 26.2. The van der Waals surface area contributed by atoms with Gasteiger partial charge in [-0.05, 0) is 75.4 Å². The second-order valence-corrected chi connectivity index (χ2v) is 12.4. The number of halogens is 3. The molecule has 2 aliphatic heterocycles. The van der Waals surface area contributed by atoms with Crippen LogP contribution in [0.15, 0.2) is 54.6 Å². The Balaban J connectivity index is 1.16. The van der Waals surface area contributed by atoms with Gasteiger partial charge in [0.25, 0.3) is 11.6 Å². The number of likely N-dealkylation sites (tertiary alicyclic amines) is 1. The van der Waals surface area contributed by atoms with Crippen molar-refractivity contribution < 1.29 is 37.2 Å². The standard InChI is InChI=1S/C32H35F3N6O6/c1-31(2,3)47-30(43)40-18-16-38(17-19-40)25-9-6-23(20-26(25)41(44)45)29(42)39-14-12-22(13-15-39)21-4-7-24(8-5-21)46-28-11-10-27(36-37-28)32(33,34)35/h4-11,20,22H,12-19H2,1-3H3. The van der Waals surface area contributed by atoms with Gasteiger partial charge in [-0.2, -0.15) is 13.2 Å². The molecule has 0 spiro atoms. The van der Waals surface area contributed by atoms with Crippen molar-refractivity contribution in [2.75, 3.05) is 44.2 Å². The summed E-state index contributed by atoms with van der Waals surface area (Å²) in [5.74, 6) is 0.209. The topological polar surface area (TPSA) is 131 Å². The first kappa shape index (κ1) is 33.4. The average molecular weight is 657 g/mol. The molecule has 1 aromatic heterocycles. The Morgan fingerprint density at radius 1 is 0.872 bits per heavy atom.